The van der Waals surface area contributed by atoms with E-state index in [-0.39, 0.29) is 0 Å². The number of carbonyl (C=O) groups is 1. The van der Waals surface area contributed by atoms with E-state index in [1.165, 1.54) is 0 Å². The van der Waals surface area contributed by atoms with E-state index >= 15 is 0 Å². The first-order valence-electron chi connectivity index (χ1n) is 10.1. The molecule has 1 aromatic heterocycles. The van der Waals surface area contributed by atoms with E-state index in [9.17, 15) is 9.90 Å². The van der Waals surface area contributed by atoms with Crippen molar-refractivity contribution >= 4 is 17.3 Å². The fourth-order valence-electron chi connectivity index (χ4n) is 3.31. The molecule has 0 aliphatic heterocycles. The SMILES string of the molecule is CN(C)c1ccc(Cn2nnc(-c3ccc(CC(C)(C)C(=O)O)c(N(C)C)c3)n2)cc1. The molecule has 31 heavy (non-hydrogen) atoms. The molecule has 0 unspecified atom stereocenters. The molecular weight excluding hydrogens is 392 g/mol. The second-order valence-electron chi connectivity index (χ2n) is 8.81. The zero-order chi connectivity index (χ0) is 22.8. The number of carboxylic acids is 1. The average molecular weight is 423 g/mol. The fraction of sp³-hybridized carbons (Fsp3) is 0.391. The maximum Gasteiger partial charge on any atom is 0.309 e. The van der Waals surface area contributed by atoms with E-state index in [1.54, 1.807) is 18.6 Å². The van der Waals surface area contributed by atoms with Crippen LogP contribution in [0.4, 0.5) is 11.4 Å². The number of anilines is 2. The van der Waals surface area contributed by atoms with Crippen LogP contribution in [0.25, 0.3) is 11.4 Å². The summed E-state index contributed by atoms with van der Waals surface area (Å²) < 4.78 is 0. The molecule has 2 aromatic carbocycles. The molecule has 0 amide bonds. The van der Waals surface area contributed by atoms with Crippen LogP contribution in [-0.4, -0.2) is 59.5 Å². The Labute approximate surface area is 183 Å². The van der Waals surface area contributed by atoms with Crippen molar-refractivity contribution in [1.82, 2.24) is 20.2 Å². The first-order chi connectivity index (χ1) is 14.6. The van der Waals surface area contributed by atoms with Crippen LogP contribution in [0, 0.1) is 5.41 Å². The molecule has 8 heteroatoms. The van der Waals surface area contributed by atoms with Crippen LogP contribution < -0.4 is 9.80 Å². The minimum absolute atomic E-state index is 0.430. The molecule has 3 aromatic rings. The van der Waals surface area contributed by atoms with Gasteiger partial charge < -0.3 is 14.9 Å². The molecule has 0 fully saturated rings. The van der Waals surface area contributed by atoms with Gasteiger partial charge in [0.15, 0.2) is 0 Å². The smallest absolute Gasteiger partial charge is 0.309 e. The van der Waals surface area contributed by atoms with Gasteiger partial charge in [-0.15, -0.1) is 10.2 Å². The predicted molar refractivity (Wildman–Crippen MR) is 123 cm³/mol. The summed E-state index contributed by atoms with van der Waals surface area (Å²) in [5, 5.41) is 22.4. The van der Waals surface area contributed by atoms with Crippen molar-refractivity contribution in [3.8, 4) is 11.4 Å². The first-order valence-corrected chi connectivity index (χ1v) is 10.1. The zero-order valence-electron chi connectivity index (χ0n) is 19.0. The Bertz CT molecular complexity index is 1050. The first kappa shape index (κ1) is 22.3. The molecule has 164 valence electrons. The van der Waals surface area contributed by atoms with Crippen molar-refractivity contribution in [2.45, 2.75) is 26.8 Å². The number of hydrogen-bond donors (Lipinski definition) is 1. The van der Waals surface area contributed by atoms with E-state index in [0.717, 1.165) is 28.1 Å². The van der Waals surface area contributed by atoms with Gasteiger partial charge in [-0.05, 0) is 54.8 Å². The molecule has 1 N–H and O–H groups in total. The molecular formula is C23H30N6O2. The van der Waals surface area contributed by atoms with Crippen LogP contribution in [0.1, 0.15) is 25.0 Å². The second kappa shape index (κ2) is 8.75. The highest BCUT2D eigenvalue weighted by molar-refractivity contribution is 5.75. The van der Waals surface area contributed by atoms with Gasteiger partial charge >= 0.3 is 5.97 Å². The maximum absolute atomic E-state index is 11.6. The summed E-state index contributed by atoms with van der Waals surface area (Å²) in [7, 11) is 7.91. The highest BCUT2D eigenvalue weighted by Gasteiger charge is 2.28. The van der Waals surface area contributed by atoms with Gasteiger partial charge in [0.2, 0.25) is 5.82 Å². The molecule has 0 radical (unpaired) electrons. The highest BCUT2D eigenvalue weighted by Crippen LogP contribution is 2.31. The summed E-state index contributed by atoms with van der Waals surface area (Å²) in [5.74, 6) is -0.276. The van der Waals surface area contributed by atoms with Gasteiger partial charge in [-0.3, -0.25) is 4.79 Å². The molecule has 8 nitrogen and oxygen atoms in total. The number of nitrogens with zero attached hydrogens (tertiary/aromatic N) is 6. The van der Waals surface area contributed by atoms with Gasteiger partial charge in [-0.1, -0.05) is 24.3 Å². The predicted octanol–water partition coefficient (Wildman–Crippen LogP) is 3.17. The lowest BCUT2D eigenvalue weighted by Crippen LogP contribution is -2.27. The molecule has 0 aliphatic rings. The Balaban J connectivity index is 1.82. The number of aromatic nitrogens is 4. The number of rotatable bonds is 8. The van der Waals surface area contributed by atoms with E-state index < -0.39 is 11.4 Å². The monoisotopic (exact) mass is 422 g/mol. The fourth-order valence-corrected chi connectivity index (χ4v) is 3.31. The summed E-state index contributed by atoms with van der Waals surface area (Å²) in [6.45, 7) is 4.01. The van der Waals surface area contributed by atoms with Crippen LogP contribution in [-0.2, 0) is 17.8 Å². The highest BCUT2D eigenvalue weighted by atomic mass is 16.4. The van der Waals surface area contributed by atoms with Crippen molar-refractivity contribution < 1.29 is 9.90 Å². The summed E-state index contributed by atoms with van der Waals surface area (Å²) in [6.07, 6.45) is 0.430. The number of benzene rings is 2. The second-order valence-corrected chi connectivity index (χ2v) is 8.81. The lowest BCUT2D eigenvalue weighted by molar-refractivity contribution is -0.146. The van der Waals surface area contributed by atoms with E-state index in [4.69, 9.17) is 0 Å². The van der Waals surface area contributed by atoms with Crippen molar-refractivity contribution in [2.75, 3.05) is 38.0 Å². The lowest BCUT2D eigenvalue weighted by Gasteiger charge is -2.24. The molecule has 0 bridgehead atoms. The maximum atomic E-state index is 11.6. The summed E-state index contributed by atoms with van der Waals surface area (Å²) >= 11 is 0. The van der Waals surface area contributed by atoms with Crippen LogP contribution in [0.15, 0.2) is 42.5 Å². The summed E-state index contributed by atoms with van der Waals surface area (Å²) in [6, 6.07) is 14.1. The van der Waals surface area contributed by atoms with Gasteiger partial charge in [0.25, 0.3) is 0 Å². The Morgan fingerprint density at radius 3 is 2.29 bits per heavy atom. The topological polar surface area (TPSA) is 87.4 Å². The molecule has 0 aliphatic carbocycles. The minimum atomic E-state index is -0.851. The van der Waals surface area contributed by atoms with Gasteiger partial charge in [0, 0.05) is 45.1 Å². The Morgan fingerprint density at radius 1 is 1.03 bits per heavy atom. The number of aliphatic carboxylic acids is 1. The normalized spacial score (nSPS) is 11.4. The standard InChI is InChI=1S/C23H30N6O2/c1-23(2,22(30)31)14-18-10-9-17(13-20(18)28(5)6)21-24-26-29(25-21)15-16-7-11-19(12-8-16)27(3)4/h7-13H,14-15H2,1-6H3,(H,30,31). The number of carboxylic acid groups (broad SMARTS) is 1. The van der Waals surface area contributed by atoms with Crippen molar-refractivity contribution in [3.63, 3.8) is 0 Å². The molecule has 3 rings (SSSR count). The summed E-state index contributed by atoms with van der Waals surface area (Å²) in [5.41, 5.74) is 4.13. The van der Waals surface area contributed by atoms with Crippen LogP contribution in [0.2, 0.25) is 0 Å². The molecule has 0 saturated carbocycles. The van der Waals surface area contributed by atoms with E-state index in [1.807, 2.05) is 51.3 Å². The van der Waals surface area contributed by atoms with E-state index in [2.05, 4.69) is 44.6 Å². The molecule has 1 heterocycles. The molecule has 0 atom stereocenters. The van der Waals surface area contributed by atoms with Gasteiger partial charge in [-0.2, -0.15) is 4.80 Å². The van der Waals surface area contributed by atoms with Gasteiger partial charge in [0.1, 0.15) is 0 Å². The van der Waals surface area contributed by atoms with Crippen LogP contribution >= 0.6 is 0 Å². The summed E-state index contributed by atoms with van der Waals surface area (Å²) in [4.78, 5) is 17.2. The third kappa shape index (κ3) is 5.20. The third-order valence-electron chi connectivity index (χ3n) is 5.27. The van der Waals surface area contributed by atoms with Crippen molar-refractivity contribution in [3.05, 3.63) is 53.6 Å². The Kier molecular flexibility index (Phi) is 6.29. The average Bonchev–Trinajstić information content (AvgIpc) is 3.16. The Hall–Kier alpha value is -3.42. The quantitative estimate of drug-likeness (QED) is 0.596. The number of hydrogen-bond acceptors (Lipinski definition) is 6. The molecule has 0 spiro atoms. The zero-order valence-corrected chi connectivity index (χ0v) is 19.0. The Morgan fingerprint density at radius 2 is 1.71 bits per heavy atom. The van der Waals surface area contributed by atoms with Gasteiger partial charge in [0.05, 0.1) is 12.0 Å². The van der Waals surface area contributed by atoms with Crippen LogP contribution in [0.5, 0.6) is 0 Å². The molecule has 0 saturated heterocycles. The van der Waals surface area contributed by atoms with E-state index in [0.29, 0.717) is 18.8 Å². The minimum Gasteiger partial charge on any atom is -0.481 e. The van der Waals surface area contributed by atoms with Crippen molar-refractivity contribution in [1.29, 1.82) is 0 Å². The third-order valence-corrected chi connectivity index (χ3v) is 5.27. The van der Waals surface area contributed by atoms with Crippen molar-refractivity contribution in [2.24, 2.45) is 5.41 Å². The number of tetrazole rings is 1. The van der Waals surface area contributed by atoms with Crippen LogP contribution in [0.3, 0.4) is 0 Å². The lowest BCUT2D eigenvalue weighted by atomic mass is 9.85. The van der Waals surface area contributed by atoms with Gasteiger partial charge in [-0.25, -0.2) is 0 Å². The largest absolute Gasteiger partial charge is 0.481 e.